The summed E-state index contributed by atoms with van der Waals surface area (Å²) < 4.78 is 25.8. The van der Waals surface area contributed by atoms with Crippen molar-refractivity contribution in [3.63, 3.8) is 0 Å². The van der Waals surface area contributed by atoms with Gasteiger partial charge in [0.1, 0.15) is 0 Å². The molecule has 2 aromatic rings. The third kappa shape index (κ3) is 6.66. The van der Waals surface area contributed by atoms with Crippen LogP contribution in [0.1, 0.15) is 28.4 Å². The Morgan fingerprint density at radius 2 is 1.64 bits per heavy atom. The van der Waals surface area contributed by atoms with Crippen LogP contribution in [-0.4, -0.2) is 52.8 Å². The fraction of sp³-hybridized carbons (Fsp3) is 0.318. The van der Waals surface area contributed by atoms with Gasteiger partial charge in [-0.05, 0) is 29.8 Å². The highest BCUT2D eigenvalue weighted by molar-refractivity contribution is 6.32. The summed E-state index contributed by atoms with van der Waals surface area (Å²) in [6.45, 7) is -0.415. The van der Waals surface area contributed by atoms with Crippen molar-refractivity contribution >= 4 is 29.4 Å². The molecule has 0 fully saturated rings. The van der Waals surface area contributed by atoms with Gasteiger partial charge in [0.25, 0.3) is 11.8 Å². The molecule has 0 aromatic heterocycles. The number of hydrogen-bond acceptors (Lipinski definition) is 8. The maximum Gasteiger partial charge on any atom is 0.307 e. The van der Waals surface area contributed by atoms with Crippen molar-refractivity contribution in [1.29, 1.82) is 0 Å². The number of ether oxygens (including phenoxy) is 5. The van der Waals surface area contributed by atoms with Gasteiger partial charge in [-0.2, -0.15) is 0 Å². The highest BCUT2D eigenvalue weighted by Gasteiger charge is 2.23. The predicted octanol–water partition coefficient (Wildman–Crippen LogP) is 2.26. The predicted molar refractivity (Wildman–Crippen MR) is 119 cm³/mol. The van der Waals surface area contributed by atoms with Crippen LogP contribution in [0, 0.1) is 0 Å². The van der Waals surface area contributed by atoms with E-state index in [1.54, 1.807) is 18.2 Å². The molecular weight excluding hydrogens is 456 g/mol. The van der Waals surface area contributed by atoms with E-state index in [1.807, 2.05) is 0 Å². The van der Waals surface area contributed by atoms with Crippen LogP contribution in [0.3, 0.4) is 0 Å². The van der Waals surface area contributed by atoms with E-state index in [1.165, 1.54) is 40.6 Å². The lowest BCUT2D eigenvalue weighted by Gasteiger charge is -2.20. The molecule has 1 unspecified atom stereocenters. The van der Waals surface area contributed by atoms with E-state index in [2.05, 4.69) is 5.32 Å². The molecule has 0 aliphatic rings. The van der Waals surface area contributed by atoms with Crippen molar-refractivity contribution in [1.82, 2.24) is 5.32 Å². The van der Waals surface area contributed by atoms with Gasteiger partial charge in [0, 0.05) is 5.56 Å². The number of esters is 1. The molecule has 0 saturated carbocycles. The molecule has 0 radical (unpaired) electrons. The first-order valence-corrected chi connectivity index (χ1v) is 10.00. The Kier molecular flexibility index (Phi) is 9.17. The van der Waals surface area contributed by atoms with Crippen molar-refractivity contribution in [2.75, 3.05) is 35.0 Å². The van der Waals surface area contributed by atoms with Crippen LogP contribution in [-0.2, 0) is 14.3 Å². The second-order valence-corrected chi connectivity index (χ2v) is 7.07. The van der Waals surface area contributed by atoms with Gasteiger partial charge in [-0.1, -0.05) is 17.7 Å². The highest BCUT2D eigenvalue weighted by atomic mass is 35.5. The molecule has 0 aliphatic carbocycles. The average Bonchev–Trinajstić information content (AvgIpc) is 2.81. The largest absolute Gasteiger partial charge is 0.493 e. The molecule has 178 valence electrons. The summed E-state index contributed by atoms with van der Waals surface area (Å²) in [6.07, 6.45) is -0.137. The molecule has 1 atom stereocenters. The lowest BCUT2D eigenvalue weighted by molar-refractivity contribution is -0.141. The quantitative estimate of drug-likeness (QED) is 0.467. The maximum absolute atomic E-state index is 13.0. The fourth-order valence-electron chi connectivity index (χ4n) is 2.95. The first-order valence-electron chi connectivity index (χ1n) is 9.62. The number of primary amides is 1. The zero-order chi connectivity index (χ0) is 24.5. The molecule has 11 heteroatoms. The SMILES string of the molecule is COC(=O)CC(NC(=O)c1cc(Cl)c(OCC(N)=O)c(OC)c1)c1ccc(OC)c(OC)c1. The van der Waals surface area contributed by atoms with E-state index in [9.17, 15) is 14.4 Å². The minimum Gasteiger partial charge on any atom is -0.493 e. The molecule has 33 heavy (non-hydrogen) atoms. The Bertz CT molecular complexity index is 1030. The van der Waals surface area contributed by atoms with Gasteiger partial charge in [-0.15, -0.1) is 0 Å². The second-order valence-electron chi connectivity index (χ2n) is 6.67. The number of nitrogens with two attached hydrogens (primary N) is 1. The molecule has 0 heterocycles. The third-order valence-electron chi connectivity index (χ3n) is 4.56. The van der Waals surface area contributed by atoms with E-state index in [0.717, 1.165) is 0 Å². The van der Waals surface area contributed by atoms with Crippen LogP contribution in [0.2, 0.25) is 5.02 Å². The number of carbonyl (C=O) groups is 3. The smallest absolute Gasteiger partial charge is 0.307 e. The summed E-state index contributed by atoms with van der Waals surface area (Å²) in [5.41, 5.74) is 5.82. The molecule has 2 rings (SSSR count). The van der Waals surface area contributed by atoms with Gasteiger partial charge >= 0.3 is 5.97 Å². The van der Waals surface area contributed by atoms with Gasteiger partial charge < -0.3 is 34.7 Å². The molecule has 2 aromatic carbocycles. The summed E-state index contributed by atoms with van der Waals surface area (Å²) in [6, 6.07) is 7.00. The Hall–Kier alpha value is -3.66. The van der Waals surface area contributed by atoms with Gasteiger partial charge in [0.05, 0.1) is 45.9 Å². The van der Waals surface area contributed by atoms with Crippen molar-refractivity contribution in [3.05, 3.63) is 46.5 Å². The van der Waals surface area contributed by atoms with Crippen molar-refractivity contribution in [2.45, 2.75) is 12.5 Å². The number of carbonyl (C=O) groups excluding carboxylic acids is 3. The standard InChI is InChI=1S/C22H25ClN2O8/c1-29-16-6-5-12(8-17(16)30-2)15(10-20(27)32-4)25-22(28)13-7-14(23)21(18(9-13)31-3)33-11-19(24)26/h5-9,15H,10-11H2,1-4H3,(H2,24,26)(H,25,28). The number of methoxy groups -OCH3 is 4. The Morgan fingerprint density at radius 1 is 0.970 bits per heavy atom. The number of hydrogen-bond donors (Lipinski definition) is 2. The molecule has 2 amide bonds. The number of rotatable bonds is 11. The van der Waals surface area contributed by atoms with Crippen molar-refractivity contribution < 1.29 is 38.1 Å². The molecule has 0 bridgehead atoms. The molecular formula is C22H25ClN2O8. The van der Waals surface area contributed by atoms with E-state index in [0.29, 0.717) is 17.1 Å². The molecule has 0 spiro atoms. The molecule has 0 aliphatic heterocycles. The molecule has 0 saturated heterocycles. The number of benzene rings is 2. The highest BCUT2D eigenvalue weighted by Crippen LogP contribution is 2.37. The van der Waals surface area contributed by atoms with Crippen LogP contribution < -0.4 is 30.0 Å². The average molecular weight is 481 g/mol. The lowest BCUT2D eigenvalue weighted by Crippen LogP contribution is -2.30. The normalized spacial score (nSPS) is 11.2. The molecule has 10 nitrogen and oxygen atoms in total. The number of halogens is 1. The third-order valence-corrected chi connectivity index (χ3v) is 4.84. The summed E-state index contributed by atoms with van der Waals surface area (Å²) in [5.74, 6) is -0.644. The van der Waals surface area contributed by atoms with Crippen LogP contribution in [0.5, 0.6) is 23.0 Å². The first kappa shape index (κ1) is 25.6. The Labute approximate surface area is 195 Å². The van der Waals surface area contributed by atoms with E-state index >= 15 is 0 Å². The maximum atomic E-state index is 13.0. The number of nitrogens with one attached hydrogen (secondary N) is 1. The first-order chi connectivity index (χ1) is 15.7. The summed E-state index contributed by atoms with van der Waals surface area (Å²) in [4.78, 5) is 36.0. The Balaban J connectivity index is 2.37. The van der Waals surface area contributed by atoms with Gasteiger partial charge in [-0.3, -0.25) is 14.4 Å². The summed E-state index contributed by atoms with van der Waals surface area (Å²) >= 11 is 6.23. The van der Waals surface area contributed by atoms with Gasteiger partial charge in [0.15, 0.2) is 29.6 Å². The molecule has 3 N–H and O–H groups in total. The van der Waals surface area contributed by atoms with E-state index in [4.69, 9.17) is 41.0 Å². The summed E-state index contributed by atoms with van der Waals surface area (Å²) in [7, 11) is 5.59. The monoisotopic (exact) mass is 480 g/mol. The second kappa shape index (κ2) is 11.8. The van der Waals surface area contributed by atoms with Crippen LogP contribution in [0.4, 0.5) is 0 Å². The fourth-order valence-corrected chi connectivity index (χ4v) is 3.21. The minimum absolute atomic E-state index is 0.0383. The van der Waals surface area contributed by atoms with Crippen LogP contribution in [0.15, 0.2) is 30.3 Å². The Morgan fingerprint density at radius 3 is 2.21 bits per heavy atom. The van der Waals surface area contributed by atoms with Gasteiger partial charge in [-0.25, -0.2) is 0 Å². The topological polar surface area (TPSA) is 135 Å². The zero-order valence-corrected chi connectivity index (χ0v) is 19.4. The van der Waals surface area contributed by atoms with Crippen molar-refractivity contribution in [2.24, 2.45) is 5.73 Å². The summed E-state index contributed by atoms with van der Waals surface area (Å²) in [5, 5.41) is 2.82. The zero-order valence-electron chi connectivity index (χ0n) is 18.6. The van der Waals surface area contributed by atoms with Crippen LogP contribution in [0.25, 0.3) is 0 Å². The van der Waals surface area contributed by atoms with Crippen molar-refractivity contribution in [3.8, 4) is 23.0 Å². The van der Waals surface area contributed by atoms with Crippen LogP contribution >= 0.6 is 11.6 Å². The van der Waals surface area contributed by atoms with Gasteiger partial charge in [0.2, 0.25) is 0 Å². The minimum atomic E-state index is -0.750. The van der Waals surface area contributed by atoms with E-state index < -0.39 is 30.4 Å². The number of amides is 2. The van der Waals surface area contributed by atoms with E-state index in [-0.39, 0.29) is 28.5 Å². The lowest BCUT2D eigenvalue weighted by atomic mass is 10.0.